The Morgan fingerprint density at radius 2 is 1.73 bits per heavy atom. The highest BCUT2D eigenvalue weighted by Crippen LogP contribution is 2.07. The van der Waals surface area contributed by atoms with Crippen molar-refractivity contribution in [1.82, 2.24) is 0 Å². The Morgan fingerprint density at radius 1 is 1.27 bits per heavy atom. The fraction of sp³-hybridized carbons (Fsp3) is 0.417. The van der Waals surface area contributed by atoms with Gasteiger partial charge in [-0.15, -0.1) is 0 Å². The largest absolute Gasteiger partial charge is 0.333 e. The van der Waals surface area contributed by atoms with Crippen molar-refractivity contribution in [3.05, 3.63) is 35.9 Å². The molecule has 0 saturated heterocycles. The third-order valence-electron chi connectivity index (χ3n) is 1.69. The number of hydrogen-bond acceptors (Lipinski definition) is 2. The number of benzene rings is 1. The van der Waals surface area contributed by atoms with Crippen molar-refractivity contribution >= 4 is 6.79 Å². The summed E-state index contributed by atoms with van der Waals surface area (Å²) in [5, 5.41) is 0. The van der Waals surface area contributed by atoms with Gasteiger partial charge in [0.2, 0.25) is 0 Å². The molecule has 0 bridgehead atoms. The normalized spacial score (nSPS) is 10.1. The molecule has 0 aromatic heterocycles. The number of carbonyl (C=O) groups excluding carboxylic acids is 1. The summed E-state index contributed by atoms with van der Waals surface area (Å²) in [5.74, 6) is 0.150. The van der Waals surface area contributed by atoms with Crippen molar-refractivity contribution < 1.29 is 9.18 Å². The molecule has 86 valence electrons. The predicted molar refractivity (Wildman–Crippen MR) is 62.5 cm³/mol. The van der Waals surface area contributed by atoms with Crippen LogP contribution in [0.3, 0.4) is 0 Å². The molecule has 2 nitrogen and oxygen atoms in total. The average molecular weight is 213 g/mol. The second-order valence-corrected chi connectivity index (χ2v) is 2.95. The lowest BCUT2D eigenvalue weighted by molar-refractivity contribution is -0.0979. The van der Waals surface area contributed by atoms with E-state index in [0.717, 1.165) is 6.42 Å². The molecule has 1 aromatic carbocycles. The molecule has 0 radical (unpaired) electrons. The SMILES string of the molecule is C=O.CC(CF)Cc1ccccc1.CN. The fourth-order valence-electron chi connectivity index (χ4n) is 1.07. The van der Waals surface area contributed by atoms with Gasteiger partial charge in [0.05, 0.1) is 6.67 Å². The highest BCUT2D eigenvalue weighted by Gasteiger charge is 2.00. The van der Waals surface area contributed by atoms with Crippen LogP contribution in [0.25, 0.3) is 0 Å². The Labute approximate surface area is 91.3 Å². The monoisotopic (exact) mass is 213 g/mol. The van der Waals surface area contributed by atoms with Crippen molar-refractivity contribution in [3.63, 3.8) is 0 Å². The fourth-order valence-corrected chi connectivity index (χ4v) is 1.07. The van der Waals surface area contributed by atoms with E-state index in [1.165, 1.54) is 12.6 Å². The van der Waals surface area contributed by atoms with Gasteiger partial charge in [0.1, 0.15) is 6.79 Å². The van der Waals surface area contributed by atoms with Gasteiger partial charge in [0.25, 0.3) is 0 Å². The minimum Gasteiger partial charge on any atom is -0.333 e. The van der Waals surface area contributed by atoms with Crippen molar-refractivity contribution in [1.29, 1.82) is 0 Å². The molecule has 0 aliphatic carbocycles. The first-order chi connectivity index (χ1) is 7.33. The van der Waals surface area contributed by atoms with Crippen molar-refractivity contribution in [2.75, 3.05) is 13.7 Å². The van der Waals surface area contributed by atoms with E-state index in [4.69, 9.17) is 4.79 Å². The molecule has 0 amide bonds. The van der Waals surface area contributed by atoms with E-state index in [1.54, 1.807) is 0 Å². The second kappa shape index (κ2) is 12.8. The van der Waals surface area contributed by atoms with Crippen LogP contribution in [0, 0.1) is 5.92 Å². The molecule has 2 N–H and O–H groups in total. The maximum atomic E-state index is 12.1. The van der Waals surface area contributed by atoms with E-state index in [9.17, 15) is 4.39 Å². The summed E-state index contributed by atoms with van der Waals surface area (Å²) in [6.45, 7) is 3.70. The summed E-state index contributed by atoms with van der Waals surface area (Å²) in [6, 6.07) is 10.0. The predicted octanol–water partition coefficient (Wildman–Crippen LogP) is 2.22. The van der Waals surface area contributed by atoms with Gasteiger partial charge in [0.15, 0.2) is 0 Å². The molecule has 1 atom stereocenters. The van der Waals surface area contributed by atoms with Gasteiger partial charge >= 0.3 is 0 Å². The number of alkyl halides is 1. The third-order valence-corrected chi connectivity index (χ3v) is 1.69. The smallest absolute Gasteiger partial charge is 0.106 e. The summed E-state index contributed by atoms with van der Waals surface area (Å²) in [4.78, 5) is 8.00. The van der Waals surface area contributed by atoms with Crippen LogP contribution in [-0.2, 0) is 11.2 Å². The minimum atomic E-state index is -0.227. The number of hydrogen-bond donors (Lipinski definition) is 1. The molecule has 0 spiro atoms. The molecule has 1 rings (SSSR count). The van der Waals surface area contributed by atoms with Crippen molar-refractivity contribution in [2.24, 2.45) is 11.7 Å². The Kier molecular flexibility index (Phi) is 13.8. The Bertz CT molecular complexity index is 216. The van der Waals surface area contributed by atoms with Crippen LogP contribution >= 0.6 is 0 Å². The highest BCUT2D eigenvalue weighted by atomic mass is 19.1. The van der Waals surface area contributed by atoms with E-state index in [0.29, 0.717) is 0 Å². The zero-order valence-corrected chi connectivity index (χ0v) is 9.45. The molecule has 0 aliphatic heterocycles. The Hall–Kier alpha value is -1.22. The topological polar surface area (TPSA) is 43.1 Å². The molecular formula is C12H20FNO. The first kappa shape index (κ1) is 16.2. The number of nitrogens with two attached hydrogens (primary N) is 1. The van der Waals surface area contributed by atoms with E-state index < -0.39 is 0 Å². The molecule has 0 fully saturated rings. The molecule has 0 saturated carbocycles. The summed E-state index contributed by atoms with van der Waals surface area (Å²) in [5.41, 5.74) is 5.72. The lowest BCUT2D eigenvalue weighted by Gasteiger charge is -2.05. The molecule has 1 unspecified atom stereocenters. The Balaban J connectivity index is 0. The zero-order valence-electron chi connectivity index (χ0n) is 9.45. The molecule has 15 heavy (non-hydrogen) atoms. The third kappa shape index (κ3) is 9.09. The summed E-state index contributed by atoms with van der Waals surface area (Å²) in [6.07, 6.45) is 0.845. The van der Waals surface area contributed by atoms with Gasteiger partial charge in [-0.1, -0.05) is 37.3 Å². The molecule has 1 aromatic rings. The van der Waals surface area contributed by atoms with Gasteiger partial charge in [-0.3, -0.25) is 4.39 Å². The average Bonchev–Trinajstić information content (AvgIpc) is 2.35. The van der Waals surface area contributed by atoms with Crippen LogP contribution in [0.4, 0.5) is 4.39 Å². The van der Waals surface area contributed by atoms with E-state index in [1.807, 2.05) is 44.0 Å². The van der Waals surface area contributed by atoms with Gasteiger partial charge in [-0.05, 0) is 24.9 Å². The van der Waals surface area contributed by atoms with Gasteiger partial charge in [-0.2, -0.15) is 0 Å². The summed E-state index contributed by atoms with van der Waals surface area (Å²) < 4.78 is 12.1. The summed E-state index contributed by atoms with van der Waals surface area (Å²) >= 11 is 0. The van der Waals surface area contributed by atoms with Gasteiger partial charge in [0, 0.05) is 0 Å². The highest BCUT2D eigenvalue weighted by molar-refractivity contribution is 5.14. The van der Waals surface area contributed by atoms with Crippen molar-refractivity contribution in [2.45, 2.75) is 13.3 Å². The van der Waals surface area contributed by atoms with Crippen molar-refractivity contribution in [3.8, 4) is 0 Å². The number of halogens is 1. The standard InChI is InChI=1S/C10H13F.CH5N.CH2O/c1-9(8-11)7-10-5-3-2-4-6-10;2*1-2/h2-6,9H,7-8H2,1H3;2H2,1H3;1H2. The van der Waals surface area contributed by atoms with Crippen LogP contribution in [0.2, 0.25) is 0 Å². The second-order valence-electron chi connectivity index (χ2n) is 2.95. The van der Waals surface area contributed by atoms with Crippen LogP contribution in [0.5, 0.6) is 0 Å². The lowest BCUT2D eigenvalue weighted by Crippen LogP contribution is -2.00. The zero-order chi connectivity index (χ0) is 12.1. The van der Waals surface area contributed by atoms with Crippen LogP contribution in [-0.4, -0.2) is 20.5 Å². The first-order valence-electron chi connectivity index (χ1n) is 4.79. The van der Waals surface area contributed by atoms with E-state index in [2.05, 4.69) is 5.73 Å². The van der Waals surface area contributed by atoms with E-state index in [-0.39, 0.29) is 12.6 Å². The molecular weight excluding hydrogens is 193 g/mol. The molecule has 3 heteroatoms. The summed E-state index contributed by atoms with van der Waals surface area (Å²) in [7, 11) is 1.50. The van der Waals surface area contributed by atoms with Crippen LogP contribution in [0.15, 0.2) is 30.3 Å². The van der Waals surface area contributed by atoms with Gasteiger partial charge in [-0.25, -0.2) is 0 Å². The number of rotatable bonds is 3. The first-order valence-corrected chi connectivity index (χ1v) is 4.79. The van der Waals surface area contributed by atoms with Gasteiger partial charge < -0.3 is 10.5 Å². The number of carbonyl (C=O) groups is 1. The maximum absolute atomic E-state index is 12.1. The molecule has 0 heterocycles. The Morgan fingerprint density at radius 3 is 2.13 bits per heavy atom. The van der Waals surface area contributed by atoms with E-state index >= 15 is 0 Å². The maximum Gasteiger partial charge on any atom is 0.106 e. The van der Waals surface area contributed by atoms with Crippen LogP contribution in [0.1, 0.15) is 12.5 Å². The quantitative estimate of drug-likeness (QED) is 0.836. The van der Waals surface area contributed by atoms with Crippen LogP contribution < -0.4 is 5.73 Å². The molecule has 0 aliphatic rings. The lowest BCUT2D eigenvalue weighted by atomic mass is 10.0. The minimum absolute atomic E-state index is 0.150.